The molecule has 14 nitrogen and oxygen atoms in total. The van der Waals surface area contributed by atoms with Crippen LogP contribution in [0.2, 0.25) is 5.28 Å². The fourth-order valence-corrected chi connectivity index (χ4v) is 7.33. The van der Waals surface area contributed by atoms with Crippen molar-refractivity contribution in [1.82, 2.24) is 19.9 Å². The summed E-state index contributed by atoms with van der Waals surface area (Å²) in [4.78, 5) is 72.9. The lowest BCUT2D eigenvalue weighted by Gasteiger charge is -2.40. The predicted octanol–water partition coefficient (Wildman–Crippen LogP) is 8.73. The number of Topliss-reactive ketones (excluding diaryl/α,β-unsaturated/α-hetero) is 2. The molecule has 0 bridgehead atoms. The molecule has 2 atom stereocenters. The Kier molecular flexibility index (Phi) is 14.7. The molecule has 0 radical (unpaired) electrons. The molecule has 0 spiro atoms. The molecule has 4 aromatic carbocycles. The molecule has 65 heavy (non-hydrogen) atoms. The van der Waals surface area contributed by atoms with Gasteiger partial charge < -0.3 is 19.6 Å². The molecule has 0 N–H and O–H groups in total. The zero-order chi connectivity index (χ0) is 46.9. The van der Waals surface area contributed by atoms with Crippen molar-refractivity contribution in [2.75, 3.05) is 33.7 Å². The molecule has 0 aliphatic carbocycles. The van der Waals surface area contributed by atoms with Gasteiger partial charge >= 0.3 is 0 Å². The van der Waals surface area contributed by atoms with Gasteiger partial charge in [0.25, 0.3) is 0 Å². The van der Waals surface area contributed by atoms with Crippen LogP contribution in [0.5, 0.6) is 0 Å². The van der Waals surface area contributed by atoms with Gasteiger partial charge in [0.15, 0.2) is 23.2 Å². The van der Waals surface area contributed by atoms with Crippen LogP contribution in [-0.2, 0) is 16.0 Å². The summed E-state index contributed by atoms with van der Waals surface area (Å²) in [6, 6.07) is 28.2. The first-order chi connectivity index (χ1) is 31.2. The Balaban J connectivity index is 0.000000184. The predicted molar refractivity (Wildman–Crippen MR) is 241 cm³/mol. The normalized spacial score (nSPS) is 15.0. The summed E-state index contributed by atoms with van der Waals surface area (Å²) in [7, 11) is 3.36. The largest absolute Gasteiger partial charge is 0.312 e. The minimum absolute atomic E-state index is 0.0417. The molecule has 4 heterocycles. The maximum atomic E-state index is 13.2. The molecule has 2 aromatic heterocycles. The first-order valence-corrected chi connectivity index (χ1v) is 20.6. The topological polar surface area (TPSA) is 180 Å². The minimum Gasteiger partial charge on any atom is -0.312 e. The highest BCUT2D eigenvalue weighted by Crippen LogP contribution is 2.41. The van der Waals surface area contributed by atoms with Crippen molar-refractivity contribution in [3.8, 4) is 12.1 Å². The molecular weight excluding hydrogens is 854 g/mol. The fourth-order valence-electron chi connectivity index (χ4n) is 7.20. The van der Waals surface area contributed by atoms with E-state index in [-0.39, 0.29) is 46.7 Å². The summed E-state index contributed by atoms with van der Waals surface area (Å²) < 4.78 is 25.4. The quantitative estimate of drug-likeness (QED) is 0.105. The third-order valence-corrected chi connectivity index (χ3v) is 10.8. The third-order valence-electron chi connectivity index (χ3n) is 10.6. The van der Waals surface area contributed by atoms with Crippen LogP contribution in [0.25, 0.3) is 0 Å². The molecule has 0 fully saturated rings. The molecular formula is C48H41ClF2N10O4. The van der Waals surface area contributed by atoms with Crippen LogP contribution in [0.4, 0.5) is 43.2 Å². The Hall–Kier alpha value is -7.95. The average molecular weight is 895 g/mol. The van der Waals surface area contributed by atoms with Crippen LogP contribution in [0.15, 0.2) is 109 Å². The Morgan fingerprint density at radius 2 is 1.12 bits per heavy atom. The summed E-state index contributed by atoms with van der Waals surface area (Å²) in [5.41, 5.74) is 4.39. The molecule has 2 aliphatic rings. The van der Waals surface area contributed by atoms with Crippen LogP contribution in [0.3, 0.4) is 0 Å². The van der Waals surface area contributed by atoms with Crippen molar-refractivity contribution in [2.24, 2.45) is 0 Å². The van der Waals surface area contributed by atoms with Crippen LogP contribution in [0, 0.1) is 34.3 Å². The van der Waals surface area contributed by atoms with E-state index in [1.54, 1.807) is 60.3 Å². The number of nitriles is 2. The number of ketones is 2. The van der Waals surface area contributed by atoms with Crippen molar-refractivity contribution in [3.63, 3.8) is 0 Å². The number of likely N-dealkylation sites (N-methyl/N-ethyl adjacent to an activating group) is 2. The fraction of sp³-hybridized carbons (Fsp3) is 0.208. The number of aromatic nitrogens is 4. The average Bonchev–Trinajstić information content (AvgIpc) is 3.31. The second kappa shape index (κ2) is 20.5. The number of halogens is 3. The number of nitrogens with zero attached hydrogens (tertiary/aromatic N) is 10. The summed E-state index contributed by atoms with van der Waals surface area (Å²) in [6.07, 6.45) is 4.11. The summed E-state index contributed by atoms with van der Waals surface area (Å²) in [5.74, 6) is 0.173. The standard InChI is InChI=1S/C24H20FN5O2.C16H14ClN5O.C8H7FO/c1-3-19-24(32)29(2)20-14-27-22(12-21(31)16-7-9-17(25)10-8-16)28-23(20)30(19)18-6-4-5-15(11-18)13-26;1-3-12-15(23)21(2)13-9-19-16(17)20-14(13)22(12)11-6-4-5-10(7-11)8-18;1-6(10)7-2-4-8(9)5-3-7/h4-11,14,19H,3,12H2,1-2H3;4-7,9,12H,3H2,1-2H3;2-5H,1H3. The molecule has 8 rings (SSSR count). The number of hydrogen-bond donors (Lipinski definition) is 0. The van der Waals surface area contributed by atoms with E-state index in [1.807, 2.05) is 30.9 Å². The Labute approximate surface area is 379 Å². The number of amides is 2. The Morgan fingerprint density at radius 1 is 0.677 bits per heavy atom. The van der Waals surface area contributed by atoms with Gasteiger partial charge in [-0.3, -0.25) is 19.2 Å². The van der Waals surface area contributed by atoms with E-state index in [4.69, 9.17) is 16.9 Å². The Bertz CT molecular complexity index is 2850. The van der Waals surface area contributed by atoms with Crippen LogP contribution < -0.4 is 19.6 Å². The van der Waals surface area contributed by atoms with E-state index in [0.717, 1.165) is 5.69 Å². The molecule has 0 saturated heterocycles. The highest BCUT2D eigenvalue weighted by molar-refractivity contribution is 6.28. The van der Waals surface area contributed by atoms with Gasteiger partial charge in [0.05, 0.1) is 42.1 Å². The van der Waals surface area contributed by atoms with E-state index in [0.29, 0.717) is 63.8 Å². The SMILES string of the molecule is CC(=O)c1ccc(F)cc1.CCC1C(=O)N(C)c2cnc(CC(=O)c3ccc(F)cc3)nc2N1c1cccc(C#N)c1.CCC1C(=O)N(C)c2cnc(Cl)nc2N1c1cccc(C#N)c1. The first-order valence-electron chi connectivity index (χ1n) is 20.3. The highest BCUT2D eigenvalue weighted by Gasteiger charge is 2.39. The van der Waals surface area contributed by atoms with E-state index in [9.17, 15) is 33.2 Å². The molecule has 328 valence electrons. The van der Waals surface area contributed by atoms with Gasteiger partial charge in [-0.25, -0.2) is 23.7 Å². The van der Waals surface area contributed by atoms with Gasteiger partial charge in [-0.15, -0.1) is 0 Å². The number of benzene rings is 4. The number of fused-ring (bicyclic) bond motifs is 2. The highest BCUT2D eigenvalue weighted by atomic mass is 35.5. The zero-order valence-corrected chi connectivity index (χ0v) is 36.7. The van der Waals surface area contributed by atoms with E-state index in [2.05, 4.69) is 32.1 Å². The second-order valence-electron chi connectivity index (χ2n) is 14.7. The van der Waals surface area contributed by atoms with Gasteiger partial charge in [-0.2, -0.15) is 15.5 Å². The lowest BCUT2D eigenvalue weighted by atomic mass is 10.0. The lowest BCUT2D eigenvalue weighted by molar-refractivity contribution is -0.120. The number of anilines is 6. The van der Waals surface area contributed by atoms with Crippen molar-refractivity contribution in [3.05, 3.63) is 154 Å². The van der Waals surface area contributed by atoms with Gasteiger partial charge in [0.2, 0.25) is 17.1 Å². The second-order valence-corrected chi connectivity index (χ2v) is 15.1. The van der Waals surface area contributed by atoms with Gasteiger partial charge in [0, 0.05) is 36.6 Å². The molecule has 6 aromatic rings. The number of carbonyl (C=O) groups excluding carboxylic acids is 4. The summed E-state index contributed by atoms with van der Waals surface area (Å²) in [5, 5.41) is 18.6. The Morgan fingerprint density at radius 3 is 1.57 bits per heavy atom. The smallest absolute Gasteiger partial charge is 0.250 e. The third kappa shape index (κ3) is 10.3. The van der Waals surface area contributed by atoms with Crippen molar-refractivity contribution >= 4 is 69.4 Å². The number of carbonyl (C=O) groups is 4. The lowest BCUT2D eigenvalue weighted by Crippen LogP contribution is -2.50. The monoisotopic (exact) mass is 894 g/mol. The maximum absolute atomic E-state index is 13.2. The van der Waals surface area contributed by atoms with Crippen LogP contribution >= 0.6 is 11.6 Å². The van der Waals surface area contributed by atoms with Gasteiger partial charge in [0.1, 0.15) is 40.9 Å². The maximum Gasteiger partial charge on any atom is 0.250 e. The molecule has 0 saturated carbocycles. The summed E-state index contributed by atoms with van der Waals surface area (Å²) in [6.45, 7) is 5.29. The van der Waals surface area contributed by atoms with E-state index >= 15 is 0 Å². The number of hydrogen-bond acceptors (Lipinski definition) is 12. The zero-order valence-electron chi connectivity index (χ0n) is 35.9. The van der Waals surface area contributed by atoms with Crippen molar-refractivity contribution in [1.29, 1.82) is 10.5 Å². The molecule has 2 amide bonds. The van der Waals surface area contributed by atoms with E-state index in [1.165, 1.54) is 72.7 Å². The molecule has 17 heteroatoms. The summed E-state index contributed by atoms with van der Waals surface area (Å²) >= 11 is 5.96. The van der Waals surface area contributed by atoms with Crippen LogP contribution in [-0.4, -0.2) is 69.5 Å². The minimum atomic E-state index is -0.517. The first kappa shape index (κ1) is 46.6. The van der Waals surface area contributed by atoms with Crippen molar-refractivity contribution in [2.45, 2.75) is 52.1 Å². The van der Waals surface area contributed by atoms with Gasteiger partial charge in [-0.05, 0) is 116 Å². The van der Waals surface area contributed by atoms with E-state index < -0.39 is 17.9 Å². The van der Waals surface area contributed by atoms with Crippen molar-refractivity contribution < 1.29 is 28.0 Å². The van der Waals surface area contributed by atoms with Gasteiger partial charge in [-0.1, -0.05) is 26.0 Å². The number of rotatable bonds is 8. The molecule has 2 aliphatic heterocycles. The van der Waals surface area contributed by atoms with Crippen LogP contribution in [0.1, 0.15) is 71.3 Å². The molecule has 2 unspecified atom stereocenters.